The fourth-order valence-corrected chi connectivity index (χ4v) is 6.03. The third kappa shape index (κ3) is 3.84. The smallest absolute Gasteiger partial charge is 0.229 e. The summed E-state index contributed by atoms with van der Waals surface area (Å²) < 4.78 is 11.9. The summed E-state index contributed by atoms with van der Waals surface area (Å²) in [6.45, 7) is 6.00. The molecular weight excluding hydrogens is 460 g/mol. The van der Waals surface area contributed by atoms with Crippen LogP contribution in [0.3, 0.4) is 0 Å². The van der Waals surface area contributed by atoms with Gasteiger partial charge in [-0.3, -0.25) is 4.90 Å². The number of rotatable bonds is 4. The van der Waals surface area contributed by atoms with Crippen molar-refractivity contribution in [2.75, 3.05) is 55.8 Å². The lowest BCUT2D eigenvalue weighted by Gasteiger charge is -2.27. The molecule has 1 N–H and O–H groups in total. The van der Waals surface area contributed by atoms with Crippen LogP contribution in [0.2, 0.25) is 0 Å². The third-order valence-corrected chi connectivity index (χ3v) is 7.81. The molecule has 0 unspecified atom stereocenters. The fourth-order valence-electron chi connectivity index (χ4n) is 5.05. The summed E-state index contributed by atoms with van der Waals surface area (Å²) in [7, 11) is 0. The van der Waals surface area contributed by atoms with E-state index in [0.717, 1.165) is 65.9 Å². The van der Waals surface area contributed by atoms with Gasteiger partial charge in [0.25, 0.3) is 0 Å². The standard InChI is InChI=1S/C26H26N6O2S/c1-2-19(18-4-5-27-21(18)3-1)24-29-22-20-14-17(16-31-8-12-35-13-9-31)15-28-26(20)34-23(22)25(30-24)32-6-10-33-11-7-32/h1-5,14-15,27H,6-13,16H2. The minimum atomic E-state index is 0.610. The molecule has 2 aliphatic heterocycles. The van der Waals surface area contributed by atoms with E-state index < -0.39 is 0 Å². The number of benzene rings is 1. The zero-order valence-electron chi connectivity index (χ0n) is 19.4. The molecule has 0 saturated carbocycles. The van der Waals surface area contributed by atoms with Crippen molar-refractivity contribution in [2.24, 2.45) is 0 Å². The maximum absolute atomic E-state index is 6.30. The highest BCUT2D eigenvalue weighted by atomic mass is 32.2. The number of ether oxygens (including phenoxy) is 1. The third-order valence-electron chi connectivity index (χ3n) is 6.87. The molecule has 0 radical (unpaired) electrons. The van der Waals surface area contributed by atoms with E-state index in [2.05, 4.69) is 39.0 Å². The molecule has 0 amide bonds. The molecule has 0 spiro atoms. The van der Waals surface area contributed by atoms with Crippen molar-refractivity contribution in [3.63, 3.8) is 0 Å². The average molecular weight is 487 g/mol. The van der Waals surface area contributed by atoms with Crippen molar-refractivity contribution in [3.8, 4) is 11.4 Å². The number of nitrogens with zero attached hydrogens (tertiary/aromatic N) is 5. The Kier molecular flexibility index (Phi) is 5.33. The number of anilines is 1. The normalized spacial score (nSPS) is 17.7. The molecule has 4 aromatic heterocycles. The number of furan rings is 1. The van der Waals surface area contributed by atoms with Crippen LogP contribution >= 0.6 is 11.8 Å². The number of fused-ring (bicyclic) bond motifs is 4. The topological polar surface area (TPSA) is 83.3 Å². The van der Waals surface area contributed by atoms with Gasteiger partial charge in [-0.05, 0) is 23.8 Å². The summed E-state index contributed by atoms with van der Waals surface area (Å²) in [6, 6.07) is 10.5. The second-order valence-electron chi connectivity index (χ2n) is 9.08. The number of nitrogens with one attached hydrogen (secondary N) is 1. The summed E-state index contributed by atoms with van der Waals surface area (Å²) in [4.78, 5) is 22.9. The maximum Gasteiger partial charge on any atom is 0.229 e. The van der Waals surface area contributed by atoms with Crippen LogP contribution in [0.25, 0.3) is 44.5 Å². The number of thioether (sulfide) groups is 1. The van der Waals surface area contributed by atoms with Gasteiger partial charge in [0.15, 0.2) is 17.2 Å². The predicted molar refractivity (Wildman–Crippen MR) is 140 cm³/mol. The van der Waals surface area contributed by atoms with Gasteiger partial charge < -0.3 is 19.0 Å². The van der Waals surface area contributed by atoms with Crippen LogP contribution in [0, 0.1) is 0 Å². The van der Waals surface area contributed by atoms with E-state index in [9.17, 15) is 0 Å². The molecule has 2 aliphatic rings. The summed E-state index contributed by atoms with van der Waals surface area (Å²) in [5.74, 6) is 3.89. The average Bonchev–Trinajstić information content (AvgIpc) is 3.54. The number of hydrogen-bond donors (Lipinski definition) is 1. The monoisotopic (exact) mass is 486 g/mol. The van der Waals surface area contributed by atoms with Crippen molar-refractivity contribution in [2.45, 2.75) is 6.54 Å². The number of H-pyrrole nitrogens is 1. The molecule has 0 atom stereocenters. The largest absolute Gasteiger partial charge is 0.432 e. The first-order valence-electron chi connectivity index (χ1n) is 12.1. The maximum atomic E-state index is 6.30. The van der Waals surface area contributed by atoms with Crippen LogP contribution in [0.1, 0.15) is 5.56 Å². The lowest BCUT2D eigenvalue weighted by Crippen LogP contribution is -2.37. The van der Waals surface area contributed by atoms with E-state index in [-0.39, 0.29) is 0 Å². The molecular formula is C26H26N6O2S. The molecule has 2 fully saturated rings. The van der Waals surface area contributed by atoms with Crippen molar-refractivity contribution in [1.29, 1.82) is 0 Å². The Balaban J connectivity index is 1.41. The molecule has 0 aliphatic carbocycles. The Bertz CT molecular complexity index is 1520. The lowest BCUT2D eigenvalue weighted by atomic mass is 10.1. The van der Waals surface area contributed by atoms with E-state index in [1.807, 2.05) is 30.2 Å². The summed E-state index contributed by atoms with van der Waals surface area (Å²) in [5.41, 5.74) is 5.39. The van der Waals surface area contributed by atoms with Gasteiger partial charge in [0.1, 0.15) is 5.52 Å². The Morgan fingerprint density at radius 3 is 2.77 bits per heavy atom. The van der Waals surface area contributed by atoms with Gasteiger partial charge >= 0.3 is 0 Å². The summed E-state index contributed by atoms with van der Waals surface area (Å²) >= 11 is 2.03. The predicted octanol–water partition coefficient (Wildman–Crippen LogP) is 4.30. The number of aromatic nitrogens is 4. The molecule has 0 bridgehead atoms. The van der Waals surface area contributed by atoms with Gasteiger partial charge in [-0.2, -0.15) is 11.8 Å². The Hall–Kier alpha value is -3.14. The van der Waals surface area contributed by atoms with Gasteiger partial charge in [0.05, 0.1) is 18.6 Å². The quantitative estimate of drug-likeness (QED) is 0.403. The minimum absolute atomic E-state index is 0.610. The van der Waals surface area contributed by atoms with E-state index in [1.54, 1.807) is 0 Å². The Morgan fingerprint density at radius 2 is 1.89 bits per heavy atom. The molecule has 8 nitrogen and oxygen atoms in total. The number of hydrogen-bond acceptors (Lipinski definition) is 8. The Morgan fingerprint density at radius 1 is 1.00 bits per heavy atom. The van der Waals surface area contributed by atoms with Crippen LogP contribution in [0.15, 0.2) is 47.1 Å². The molecule has 178 valence electrons. The highest BCUT2D eigenvalue weighted by Gasteiger charge is 2.24. The molecule has 7 rings (SSSR count). The molecule has 6 heterocycles. The number of aromatic amines is 1. The van der Waals surface area contributed by atoms with Crippen molar-refractivity contribution < 1.29 is 9.15 Å². The second-order valence-corrected chi connectivity index (χ2v) is 10.3. The minimum Gasteiger partial charge on any atom is -0.432 e. The molecule has 5 aromatic rings. The second kappa shape index (κ2) is 8.82. The number of pyridine rings is 1. The van der Waals surface area contributed by atoms with Crippen LogP contribution in [-0.4, -0.2) is 75.7 Å². The van der Waals surface area contributed by atoms with E-state index in [1.165, 1.54) is 17.1 Å². The SMILES string of the molecule is c1cc(-c2nc(N3CCOCC3)c3oc4ncc(CN5CCSCC5)cc4c3n2)c2cc[nH]c2c1. The van der Waals surface area contributed by atoms with Gasteiger partial charge in [-0.1, -0.05) is 12.1 Å². The fraction of sp³-hybridized carbons (Fsp3) is 0.346. The Labute approximate surface area is 206 Å². The molecule has 35 heavy (non-hydrogen) atoms. The van der Waals surface area contributed by atoms with Gasteiger partial charge in [0, 0.05) is 73.1 Å². The van der Waals surface area contributed by atoms with Crippen molar-refractivity contribution in [1.82, 2.24) is 24.8 Å². The lowest BCUT2D eigenvalue weighted by molar-refractivity contribution is 0.122. The first-order chi connectivity index (χ1) is 17.3. The van der Waals surface area contributed by atoms with E-state index >= 15 is 0 Å². The highest BCUT2D eigenvalue weighted by molar-refractivity contribution is 7.99. The first-order valence-corrected chi connectivity index (χ1v) is 13.3. The summed E-state index contributed by atoms with van der Waals surface area (Å²) in [5, 5.41) is 2.05. The zero-order valence-corrected chi connectivity index (χ0v) is 20.2. The van der Waals surface area contributed by atoms with Crippen molar-refractivity contribution in [3.05, 3.63) is 48.3 Å². The van der Waals surface area contributed by atoms with Crippen LogP contribution in [0.4, 0.5) is 5.82 Å². The molecule has 2 saturated heterocycles. The molecule has 9 heteroatoms. The van der Waals surface area contributed by atoms with E-state index in [0.29, 0.717) is 30.3 Å². The van der Waals surface area contributed by atoms with Crippen LogP contribution in [0.5, 0.6) is 0 Å². The zero-order chi connectivity index (χ0) is 23.2. The highest BCUT2D eigenvalue weighted by Crippen LogP contribution is 2.36. The molecule has 1 aromatic carbocycles. The number of morpholine rings is 1. The van der Waals surface area contributed by atoms with Gasteiger partial charge in [0.2, 0.25) is 5.71 Å². The van der Waals surface area contributed by atoms with Crippen molar-refractivity contribution >= 4 is 50.7 Å². The van der Waals surface area contributed by atoms with Gasteiger partial charge in [-0.25, -0.2) is 15.0 Å². The van der Waals surface area contributed by atoms with Crippen LogP contribution in [-0.2, 0) is 11.3 Å². The van der Waals surface area contributed by atoms with Gasteiger partial charge in [-0.15, -0.1) is 0 Å². The van der Waals surface area contributed by atoms with E-state index in [4.69, 9.17) is 24.1 Å². The summed E-state index contributed by atoms with van der Waals surface area (Å²) in [6.07, 6.45) is 3.90. The van der Waals surface area contributed by atoms with Crippen LogP contribution < -0.4 is 4.90 Å². The first kappa shape index (κ1) is 21.2.